The first-order valence-corrected chi connectivity index (χ1v) is 15.8. The third kappa shape index (κ3) is 8.24. The molecule has 2 aliphatic rings. The van der Waals surface area contributed by atoms with Gasteiger partial charge in [-0.3, -0.25) is 19.3 Å². The van der Waals surface area contributed by atoms with Crippen LogP contribution in [0.1, 0.15) is 53.6 Å². The van der Waals surface area contributed by atoms with Crippen LogP contribution in [0.4, 0.5) is 4.39 Å². The van der Waals surface area contributed by atoms with Crippen LogP contribution in [0.25, 0.3) is 0 Å². The van der Waals surface area contributed by atoms with E-state index < -0.39 is 17.8 Å². The van der Waals surface area contributed by atoms with E-state index in [4.69, 9.17) is 11.6 Å². The maximum atomic E-state index is 13.9. The van der Waals surface area contributed by atoms with Crippen molar-refractivity contribution in [1.82, 2.24) is 20.4 Å². The Labute approximate surface area is 263 Å². The summed E-state index contributed by atoms with van der Waals surface area (Å²) in [7, 11) is 0. The number of hydrogen-bond acceptors (Lipinski definition) is 4. The molecule has 0 bridgehead atoms. The molecule has 232 valence electrons. The van der Waals surface area contributed by atoms with Crippen LogP contribution in [-0.2, 0) is 22.4 Å². The molecule has 1 heterocycles. The summed E-state index contributed by atoms with van der Waals surface area (Å²) in [6.07, 6.45) is 6.12. The van der Waals surface area contributed by atoms with Crippen molar-refractivity contribution in [3.8, 4) is 0 Å². The molecule has 1 aliphatic carbocycles. The largest absolute Gasteiger partial charge is 0.354 e. The van der Waals surface area contributed by atoms with Gasteiger partial charge in [-0.1, -0.05) is 73.3 Å². The Kier molecular flexibility index (Phi) is 10.7. The Bertz CT molecular complexity index is 1400. The zero-order valence-electron chi connectivity index (χ0n) is 24.9. The zero-order chi connectivity index (χ0) is 30.9. The van der Waals surface area contributed by atoms with E-state index in [2.05, 4.69) is 15.5 Å². The molecule has 2 N–H and O–H groups in total. The van der Waals surface area contributed by atoms with Crippen molar-refractivity contribution in [2.24, 2.45) is 0 Å². The van der Waals surface area contributed by atoms with Crippen LogP contribution < -0.4 is 10.6 Å². The SMILES string of the molecule is O=C(Cc1ccccc1)NCC1(N2CCN(C(=O)[C@@H](Cc3ccc(Cl)cc3)NC(=O)c3ccc(F)cc3)CC2)CCCCC1. The second-order valence-corrected chi connectivity index (χ2v) is 12.3. The monoisotopic (exact) mass is 618 g/mol. The Morgan fingerprint density at radius 3 is 2.14 bits per heavy atom. The number of hydrogen-bond donors (Lipinski definition) is 2. The molecule has 1 aliphatic heterocycles. The minimum absolute atomic E-state index is 0.0249. The minimum atomic E-state index is -0.791. The van der Waals surface area contributed by atoms with Crippen LogP contribution in [0.15, 0.2) is 78.9 Å². The minimum Gasteiger partial charge on any atom is -0.354 e. The fourth-order valence-corrected chi connectivity index (χ4v) is 6.57. The summed E-state index contributed by atoms with van der Waals surface area (Å²) in [4.78, 5) is 44.1. The van der Waals surface area contributed by atoms with Gasteiger partial charge in [-0.25, -0.2) is 4.39 Å². The van der Waals surface area contributed by atoms with E-state index in [9.17, 15) is 18.8 Å². The van der Waals surface area contributed by atoms with Gasteiger partial charge in [-0.2, -0.15) is 0 Å². The lowest BCUT2D eigenvalue weighted by atomic mass is 9.79. The maximum absolute atomic E-state index is 13.9. The summed E-state index contributed by atoms with van der Waals surface area (Å²) >= 11 is 6.07. The topological polar surface area (TPSA) is 81.8 Å². The van der Waals surface area contributed by atoms with Crippen LogP contribution in [0, 0.1) is 5.82 Å². The highest BCUT2D eigenvalue weighted by molar-refractivity contribution is 6.30. The molecule has 1 saturated heterocycles. The summed E-state index contributed by atoms with van der Waals surface area (Å²) in [6, 6.07) is 21.5. The highest BCUT2D eigenvalue weighted by atomic mass is 35.5. The summed E-state index contributed by atoms with van der Waals surface area (Å²) < 4.78 is 13.4. The molecular weight excluding hydrogens is 579 g/mol. The molecule has 3 aromatic rings. The molecule has 1 saturated carbocycles. The average molecular weight is 619 g/mol. The molecule has 3 aromatic carbocycles. The normalized spacial score (nSPS) is 17.5. The number of amides is 3. The van der Waals surface area contributed by atoms with E-state index >= 15 is 0 Å². The molecule has 2 fully saturated rings. The molecule has 0 aromatic heterocycles. The molecular formula is C35H40ClFN4O3. The van der Waals surface area contributed by atoms with Gasteiger partial charge < -0.3 is 15.5 Å². The maximum Gasteiger partial charge on any atom is 0.251 e. The number of nitrogens with zero attached hydrogens (tertiary/aromatic N) is 2. The first kappa shape index (κ1) is 31.7. The third-order valence-corrected chi connectivity index (χ3v) is 9.18. The predicted molar refractivity (Wildman–Crippen MR) is 170 cm³/mol. The van der Waals surface area contributed by atoms with E-state index in [0.29, 0.717) is 56.2 Å². The highest BCUT2D eigenvalue weighted by Gasteiger charge is 2.40. The van der Waals surface area contributed by atoms with Gasteiger partial charge in [0.25, 0.3) is 5.91 Å². The Morgan fingerprint density at radius 2 is 1.48 bits per heavy atom. The number of piperazine rings is 1. The fourth-order valence-electron chi connectivity index (χ4n) is 6.44. The molecule has 0 spiro atoms. The molecule has 1 atom stereocenters. The number of nitrogens with one attached hydrogen (secondary N) is 2. The number of carbonyl (C=O) groups is 3. The van der Waals surface area contributed by atoms with Gasteiger partial charge in [-0.15, -0.1) is 0 Å². The van der Waals surface area contributed by atoms with Crippen molar-refractivity contribution in [3.63, 3.8) is 0 Å². The van der Waals surface area contributed by atoms with Gasteiger partial charge >= 0.3 is 0 Å². The smallest absolute Gasteiger partial charge is 0.251 e. The lowest BCUT2D eigenvalue weighted by Crippen LogP contribution is -2.63. The molecule has 3 amide bonds. The highest BCUT2D eigenvalue weighted by Crippen LogP contribution is 2.34. The first-order chi connectivity index (χ1) is 21.3. The molecule has 0 unspecified atom stereocenters. The molecule has 5 rings (SSSR count). The summed E-state index contributed by atoms with van der Waals surface area (Å²) in [6.45, 7) is 3.05. The summed E-state index contributed by atoms with van der Waals surface area (Å²) in [5, 5.41) is 6.72. The second kappa shape index (κ2) is 14.8. The van der Waals surface area contributed by atoms with Crippen LogP contribution in [-0.4, -0.2) is 71.8 Å². The van der Waals surface area contributed by atoms with E-state index in [1.54, 1.807) is 12.1 Å². The van der Waals surface area contributed by atoms with Gasteiger partial charge in [0.2, 0.25) is 11.8 Å². The Hall–Kier alpha value is -3.75. The van der Waals surface area contributed by atoms with Crippen molar-refractivity contribution in [3.05, 3.63) is 106 Å². The predicted octanol–water partition coefficient (Wildman–Crippen LogP) is 5.03. The van der Waals surface area contributed by atoms with E-state index in [1.165, 1.54) is 30.7 Å². The van der Waals surface area contributed by atoms with Crippen molar-refractivity contribution in [1.29, 1.82) is 0 Å². The van der Waals surface area contributed by atoms with Gasteiger partial charge in [0.15, 0.2) is 0 Å². The van der Waals surface area contributed by atoms with Crippen LogP contribution in [0.5, 0.6) is 0 Å². The Morgan fingerprint density at radius 1 is 0.818 bits per heavy atom. The first-order valence-electron chi connectivity index (χ1n) is 15.5. The quantitative estimate of drug-likeness (QED) is 0.334. The second-order valence-electron chi connectivity index (χ2n) is 11.9. The van der Waals surface area contributed by atoms with Gasteiger partial charge in [0.05, 0.1) is 6.42 Å². The van der Waals surface area contributed by atoms with Crippen LogP contribution >= 0.6 is 11.6 Å². The molecule has 7 nitrogen and oxygen atoms in total. The lowest BCUT2D eigenvalue weighted by molar-refractivity contribution is -0.136. The third-order valence-electron chi connectivity index (χ3n) is 8.93. The van der Waals surface area contributed by atoms with E-state index in [-0.39, 0.29) is 17.4 Å². The number of carbonyl (C=O) groups excluding carboxylic acids is 3. The van der Waals surface area contributed by atoms with Gasteiger partial charge in [0.1, 0.15) is 11.9 Å². The summed E-state index contributed by atoms with van der Waals surface area (Å²) in [5.74, 6) is -0.983. The molecule has 0 radical (unpaired) electrons. The van der Waals surface area contributed by atoms with Gasteiger partial charge in [-0.05, 0) is 60.4 Å². The van der Waals surface area contributed by atoms with Crippen molar-refractivity contribution in [2.45, 2.75) is 56.5 Å². The lowest BCUT2D eigenvalue weighted by Gasteiger charge is -2.50. The van der Waals surface area contributed by atoms with Gasteiger partial charge in [0, 0.05) is 55.3 Å². The van der Waals surface area contributed by atoms with E-state index in [1.807, 2.05) is 47.4 Å². The number of rotatable bonds is 10. The standard InChI is InChI=1S/C35H40ClFN4O3/c36-29-13-9-27(10-14-29)23-31(39-33(43)28-11-15-30(37)16-12-28)34(44)40-19-21-41(22-20-40)35(17-5-2-6-18-35)25-38-32(42)24-26-7-3-1-4-8-26/h1,3-4,7-16,31H,2,5-6,17-25H2,(H,38,42)(H,39,43)/t31-/m1/s1. The summed E-state index contributed by atoms with van der Waals surface area (Å²) in [5.41, 5.74) is 2.03. The Balaban J connectivity index is 1.23. The van der Waals surface area contributed by atoms with Crippen molar-refractivity contribution < 1.29 is 18.8 Å². The zero-order valence-corrected chi connectivity index (χ0v) is 25.7. The molecule has 44 heavy (non-hydrogen) atoms. The number of benzene rings is 3. The van der Waals surface area contributed by atoms with Crippen molar-refractivity contribution in [2.75, 3.05) is 32.7 Å². The molecule has 9 heteroatoms. The van der Waals surface area contributed by atoms with E-state index in [0.717, 1.165) is 36.8 Å². The average Bonchev–Trinajstić information content (AvgIpc) is 3.05. The number of halogens is 2. The van der Waals surface area contributed by atoms with Crippen molar-refractivity contribution >= 4 is 29.3 Å². The fraction of sp³-hybridized carbons (Fsp3) is 0.400. The van der Waals surface area contributed by atoms with Crippen LogP contribution in [0.2, 0.25) is 5.02 Å². The van der Waals surface area contributed by atoms with Crippen LogP contribution in [0.3, 0.4) is 0 Å².